The lowest BCUT2D eigenvalue weighted by atomic mass is 10.1. The highest BCUT2D eigenvalue weighted by Crippen LogP contribution is 2.39. The van der Waals surface area contributed by atoms with Crippen LogP contribution in [0.3, 0.4) is 0 Å². The zero-order chi connectivity index (χ0) is 14.9. The molecule has 1 aliphatic carbocycles. The fourth-order valence-electron chi connectivity index (χ4n) is 1.96. The summed E-state index contributed by atoms with van der Waals surface area (Å²) in [6, 6.07) is 4.94. The van der Waals surface area contributed by atoms with E-state index >= 15 is 0 Å². The maximum atomic E-state index is 13.2. The van der Waals surface area contributed by atoms with Crippen LogP contribution in [0.4, 0.5) is 13.2 Å². The van der Waals surface area contributed by atoms with Crippen molar-refractivity contribution in [1.82, 2.24) is 15.3 Å². The van der Waals surface area contributed by atoms with E-state index in [1.165, 1.54) is 18.3 Å². The van der Waals surface area contributed by atoms with Crippen LogP contribution in [-0.2, 0) is 12.7 Å². The van der Waals surface area contributed by atoms with Gasteiger partial charge in [0.1, 0.15) is 0 Å². The first-order valence-electron chi connectivity index (χ1n) is 6.63. The number of aromatic amines is 1. The molecule has 0 spiro atoms. The average molecular weight is 313 g/mol. The van der Waals surface area contributed by atoms with E-state index in [4.69, 9.17) is 0 Å². The summed E-state index contributed by atoms with van der Waals surface area (Å²) in [6.07, 6.45) is 0.953. The first-order valence-corrected chi connectivity index (χ1v) is 7.45. The summed E-state index contributed by atoms with van der Waals surface area (Å²) < 4.78 is 39.6. The smallest absolute Gasteiger partial charge is 0.339 e. The third-order valence-electron chi connectivity index (χ3n) is 3.20. The number of halogens is 3. The monoisotopic (exact) mass is 313 g/mol. The number of hydrogen-bond donors (Lipinski definition) is 2. The Hall–Kier alpha value is -1.47. The molecule has 3 rings (SSSR count). The minimum Gasteiger partial charge on any atom is -0.339 e. The highest BCUT2D eigenvalue weighted by molar-refractivity contribution is 7.99. The molecule has 1 saturated carbocycles. The summed E-state index contributed by atoms with van der Waals surface area (Å²) in [4.78, 5) is 6.91. The molecule has 0 amide bonds. The maximum Gasteiger partial charge on any atom is 0.417 e. The van der Waals surface area contributed by atoms with E-state index in [0.717, 1.165) is 24.6 Å². The van der Waals surface area contributed by atoms with Gasteiger partial charge in [0.15, 0.2) is 5.16 Å². The summed E-state index contributed by atoms with van der Waals surface area (Å²) >= 11 is 0.986. The average Bonchev–Trinajstić information content (AvgIpc) is 3.12. The Morgan fingerprint density at radius 3 is 2.76 bits per heavy atom. The van der Waals surface area contributed by atoms with Crippen molar-refractivity contribution in [3.05, 3.63) is 41.7 Å². The molecule has 1 heterocycles. The number of nitrogens with one attached hydrogen (secondary N) is 2. The number of H-pyrrole nitrogens is 1. The van der Waals surface area contributed by atoms with Crippen LogP contribution in [0.1, 0.15) is 24.0 Å². The van der Waals surface area contributed by atoms with Crippen LogP contribution < -0.4 is 5.32 Å². The van der Waals surface area contributed by atoms with Crippen LogP contribution in [0.2, 0.25) is 0 Å². The van der Waals surface area contributed by atoms with Gasteiger partial charge in [-0.25, -0.2) is 4.98 Å². The van der Waals surface area contributed by atoms with Gasteiger partial charge < -0.3 is 10.3 Å². The van der Waals surface area contributed by atoms with Gasteiger partial charge in [0.25, 0.3) is 0 Å². The minimum absolute atomic E-state index is 0.160. The second-order valence-electron chi connectivity index (χ2n) is 4.98. The van der Waals surface area contributed by atoms with E-state index in [0.29, 0.717) is 23.3 Å². The molecule has 1 aromatic heterocycles. The third-order valence-corrected chi connectivity index (χ3v) is 4.19. The summed E-state index contributed by atoms with van der Waals surface area (Å²) in [7, 11) is 0. The first kappa shape index (κ1) is 14.5. The zero-order valence-corrected chi connectivity index (χ0v) is 11.9. The second-order valence-corrected chi connectivity index (χ2v) is 6.01. The second kappa shape index (κ2) is 5.73. The molecule has 0 aliphatic heterocycles. The molecule has 0 radical (unpaired) electrons. The van der Waals surface area contributed by atoms with Crippen molar-refractivity contribution in [2.24, 2.45) is 0 Å². The predicted octanol–water partition coefficient (Wildman–Crippen LogP) is 3.83. The lowest BCUT2D eigenvalue weighted by Crippen LogP contribution is -2.16. The van der Waals surface area contributed by atoms with Crippen molar-refractivity contribution < 1.29 is 13.2 Å². The van der Waals surface area contributed by atoms with E-state index in [1.807, 2.05) is 0 Å². The number of hydrogen-bond acceptors (Lipinski definition) is 3. The van der Waals surface area contributed by atoms with Crippen LogP contribution in [0.25, 0.3) is 0 Å². The largest absolute Gasteiger partial charge is 0.417 e. The quantitative estimate of drug-likeness (QED) is 0.881. The Morgan fingerprint density at radius 2 is 2.14 bits per heavy atom. The molecule has 0 bridgehead atoms. The Labute approximate surface area is 124 Å². The molecule has 2 N–H and O–H groups in total. The molecule has 0 atom stereocenters. The minimum atomic E-state index is -4.37. The molecule has 0 unspecified atom stereocenters. The van der Waals surface area contributed by atoms with Gasteiger partial charge in [0.2, 0.25) is 0 Å². The number of alkyl halides is 3. The Kier molecular flexibility index (Phi) is 3.95. The maximum absolute atomic E-state index is 13.2. The zero-order valence-electron chi connectivity index (χ0n) is 11.1. The molecule has 112 valence electrons. The molecule has 21 heavy (non-hydrogen) atoms. The van der Waals surface area contributed by atoms with Crippen molar-refractivity contribution in [2.75, 3.05) is 0 Å². The van der Waals surface area contributed by atoms with Gasteiger partial charge in [-0.1, -0.05) is 17.8 Å². The van der Waals surface area contributed by atoms with Gasteiger partial charge in [-0.15, -0.1) is 0 Å². The van der Waals surface area contributed by atoms with Crippen LogP contribution in [0.5, 0.6) is 0 Å². The van der Waals surface area contributed by atoms with E-state index in [-0.39, 0.29) is 4.90 Å². The highest BCUT2D eigenvalue weighted by atomic mass is 32.2. The Bertz CT molecular complexity index is 606. The van der Waals surface area contributed by atoms with Gasteiger partial charge in [0.05, 0.1) is 5.56 Å². The number of nitrogens with zero attached hydrogens (tertiary/aromatic N) is 1. The number of benzene rings is 1. The van der Waals surface area contributed by atoms with E-state index in [1.54, 1.807) is 12.3 Å². The standard InChI is InChI=1S/C14H14F3N3S/c15-14(16,17)11-7-9(8-20-10-2-3-10)1-4-12(11)21-13-18-5-6-19-13/h1,4-7,10,20H,2-3,8H2,(H,18,19). The molecule has 1 fully saturated rings. The van der Waals surface area contributed by atoms with Crippen LogP contribution in [0, 0.1) is 0 Å². The normalized spacial score (nSPS) is 15.4. The summed E-state index contributed by atoms with van der Waals surface area (Å²) in [5.74, 6) is 0. The molecule has 3 nitrogen and oxygen atoms in total. The van der Waals surface area contributed by atoms with E-state index in [9.17, 15) is 13.2 Å². The fourth-order valence-corrected chi connectivity index (χ4v) is 2.83. The van der Waals surface area contributed by atoms with Gasteiger partial charge in [-0.05, 0) is 30.5 Å². The fraction of sp³-hybridized carbons (Fsp3) is 0.357. The molecule has 2 aromatic rings. The van der Waals surface area contributed by atoms with Crippen LogP contribution in [0.15, 0.2) is 40.6 Å². The predicted molar refractivity (Wildman–Crippen MR) is 74.0 cm³/mol. The van der Waals surface area contributed by atoms with Gasteiger partial charge >= 0.3 is 6.18 Å². The first-order chi connectivity index (χ1) is 10.0. The van der Waals surface area contributed by atoms with Gasteiger partial charge in [0, 0.05) is 29.9 Å². The van der Waals surface area contributed by atoms with Gasteiger partial charge in [-0.2, -0.15) is 13.2 Å². The van der Waals surface area contributed by atoms with E-state index in [2.05, 4.69) is 15.3 Å². The summed E-state index contributed by atoms with van der Waals surface area (Å²) in [5, 5.41) is 3.67. The molecule has 1 aromatic carbocycles. The number of rotatable bonds is 5. The van der Waals surface area contributed by atoms with Crippen LogP contribution in [-0.4, -0.2) is 16.0 Å². The Balaban J connectivity index is 1.83. The summed E-state index contributed by atoms with van der Waals surface area (Å²) in [5.41, 5.74) is 0.0389. The number of imidazole rings is 1. The SMILES string of the molecule is FC(F)(F)c1cc(CNC2CC2)ccc1Sc1ncc[nH]1. The van der Waals surface area contributed by atoms with Crippen molar-refractivity contribution in [3.8, 4) is 0 Å². The van der Waals surface area contributed by atoms with Crippen LogP contribution >= 0.6 is 11.8 Å². The summed E-state index contributed by atoms with van der Waals surface area (Å²) in [6.45, 7) is 0.472. The Morgan fingerprint density at radius 1 is 1.33 bits per heavy atom. The lowest BCUT2D eigenvalue weighted by Gasteiger charge is -2.14. The topological polar surface area (TPSA) is 40.7 Å². The lowest BCUT2D eigenvalue weighted by molar-refractivity contribution is -0.139. The molecule has 1 aliphatic rings. The molecule has 7 heteroatoms. The van der Waals surface area contributed by atoms with Crippen molar-refractivity contribution in [1.29, 1.82) is 0 Å². The van der Waals surface area contributed by atoms with Crippen molar-refractivity contribution in [2.45, 2.75) is 41.7 Å². The third kappa shape index (κ3) is 3.79. The van der Waals surface area contributed by atoms with E-state index < -0.39 is 11.7 Å². The van der Waals surface area contributed by atoms with Gasteiger partial charge in [-0.3, -0.25) is 0 Å². The van der Waals surface area contributed by atoms with Crippen molar-refractivity contribution in [3.63, 3.8) is 0 Å². The number of aromatic nitrogens is 2. The molecular formula is C14H14F3N3S. The molecular weight excluding hydrogens is 299 g/mol. The highest BCUT2D eigenvalue weighted by Gasteiger charge is 2.34. The molecule has 0 saturated heterocycles. The van der Waals surface area contributed by atoms with Crippen molar-refractivity contribution >= 4 is 11.8 Å².